The number of benzene rings is 1. The van der Waals surface area contributed by atoms with Crippen LogP contribution in [0.4, 0.5) is 0 Å². The van der Waals surface area contributed by atoms with Gasteiger partial charge in [0.1, 0.15) is 18.1 Å². The van der Waals surface area contributed by atoms with E-state index in [0.717, 1.165) is 11.3 Å². The maximum atomic E-state index is 13.3. The molecule has 0 unspecified atom stereocenters. The number of carbonyl (C=O) groups excluding carboxylic acids is 1. The van der Waals surface area contributed by atoms with Gasteiger partial charge in [-0.3, -0.25) is 9.36 Å². The molecular weight excluding hydrogens is 400 g/mol. The average molecular weight is 420 g/mol. The summed E-state index contributed by atoms with van der Waals surface area (Å²) in [4.78, 5) is 31.3. The monoisotopic (exact) mass is 420 g/mol. The highest BCUT2D eigenvalue weighted by Gasteiger charge is 2.33. The first-order chi connectivity index (χ1) is 14.5. The van der Waals surface area contributed by atoms with Crippen LogP contribution in [0.25, 0.3) is 6.08 Å². The van der Waals surface area contributed by atoms with Gasteiger partial charge in [-0.05, 0) is 31.5 Å². The third-order valence-electron chi connectivity index (χ3n) is 4.72. The number of carbonyl (C=O) groups is 1. The standard InChI is InChI=1S/C23H20N2O4S/c1-4-12-28-22(27)19-15(3)24-23-25(20(19)16-8-6-5-7-9-16)21(26)18(30-23)13-17-11-10-14(2)29-17/h4-11,13,20H,1,12H2,2-3H3/b18-13+/t20-/m1/s1. The molecule has 1 aliphatic rings. The normalized spacial score (nSPS) is 16.2. The predicted molar refractivity (Wildman–Crippen MR) is 115 cm³/mol. The van der Waals surface area contributed by atoms with Crippen LogP contribution in [0.5, 0.6) is 0 Å². The summed E-state index contributed by atoms with van der Waals surface area (Å²) in [7, 11) is 0. The van der Waals surface area contributed by atoms with Crippen LogP contribution in [0.15, 0.2) is 80.6 Å². The summed E-state index contributed by atoms with van der Waals surface area (Å²) < 4.78 is 12.9. The molecule has 0 bridgehead atoms. The molecule has 7 heteroatoms. The third kappa shape index (κ3) is 3.59. The van der Waals surface area contributed by atoms with E-state index in [2.05, 4.69) is 11.6 Å². The van der Waals surface area contributed by atoms with Gasteiger partial charge in [-0.2, -0.15) is 0 Å². The maximum absolute atomic E-state index is 13.3. The van der Waals surface area contributed by atoms with Crippen LogP contribution in [-0.2, 0) is 9.53 Å². The topological polar surface area (TPSA) is 73.8 Å². The number of aryl methyl sites for hydroxylation is 1. The smallest absolute Gasteiger partial charge is 0.338 e. The van der Waals surface area contributed by atoms with Gasteiger partial charge in [0.2, 0.25) is 0 Å². The molecule has 2 aromatic heterocycles. The molecule has 1 aromatic carbocycles. The maximum Gasteiger partial charge on any atom is 0.338 e. The summed E-state index contributed by atoms with van der Waals surface area (Å²) in [5.74, 6) is 0.843. The van der Waals surface area contributed by atoms with Crippen LogP contribution in [0.1, 0.15) is 30.0 Å². The van der Waals surface area contributed by atoms with Crippen LogP contribution in [0, 0.1) is 6.92 Å². The van der Waals surface area contributed by atoms with Crippen LogP contribution in [0.3, 0.4) is 0 Å². The molecule has 0 radical (unpaired) electrons. The Morgan fingerprint density at radius 2 is 2.03 bits per heavy atom. The fraction of sp³-hybridized carbons (Fsp3) is 0.174. The molecule has 0 saturated carbocycles. The number of hydrogen-bond donors (Lipinski definition) is 0. The van der Waals surface area contributed by atoms with E-state index in [-0.39, 0.29) is 12.2 Å². The molecule has 30 heavy (non-hydrogen) atoms. The number of allylic oxidation sites excluding steroid dienone is 1. The lowest BCUT2D eigenvalue weighted by Gasteiger charge is -2.24. The van der Waals surface area contributed by atoms with E-state index in [1.807, 2.05) is 49.4 Å². The molecule has 0 N–H and O–H groups in total. The van der Waals surface area contributed by atoms with E-state index in [1.165, 1.54) is 17.4 Å². The van der Waals surface area contributed by atoms with Gasteiger partial charge in [0.15, 0.2) is 4.80 Å². The van der Waals surface area contributed by atoms with Gasteiger partial charge in [-0.15, -0.1) is 0 Å². The summed E-state index contributed by atoms with van der Waals surface area (Å²) >= 11 is 1.27. The number of furan rings is 1. The number of rotatable bonds is 5. The quantitative estimate of drug-likeness (QED) is 0.470. The molecule has 0 amide bonds. The fourth-order valence-corrected chi connectivity index (χ4v) is 4.43. The number of thiazole rings is 1. The summed E-state index contributed by atoms with van der Waals surface area (Å²) in [6.07, 6.45) is 3.21. The van der Waals surface area contributed by atoms with Crippen LogP contribution >= 0.6 is 11.3 Å². The SMILES string of the molecule is C=CCOC(=O)C1=C(C)N=c2s/c(=C/c3ccc(C)o3)c(=O)n2[C@@H]1c1ccccc1. The first-order valence-electron chi connectivity index (χ1n) is 9.41. The van der Waals surface area contributed by atoms with E-state index >= 15 is 0 Å². The minimum Gasteiger partial charge on any atom is -0.462 e. The molecule has 6 nitrogen and oxygen atoms in total. The Morgan fingerprint density at radius 3 is 2.70 bits per heavy atom. The van der Waals surface area contributed by atoms with Gasteiger partial charge >= 0.3 is 5.97 Å². The van der Waals surface area contributed by atoms with E-state index in [9.17, 15) is 9.59 Å². The predicted octanol–water partition coefficient (Wildman–Crippen LogP) is 2.87. The highest BCUT2D eigenvalue weighted by Crippen LogP contribution is 2.30. The second-order valence-corrected chi connectivity index (χ2v) is 7.84. The number of hydrogen-bond acceptors (Lipinski definition) is 6. The minimum absolute atomic E-state index is 0.0827. The molecule has 0 spiro atoms. The van der Waals surface area contributed by atoms with Crippen LogP contribution in [0.2, 0.25) is 0 Å². The molecule has 3 heterocycles. The largest absolute Gasteiger partial charge is 0.462 e. The zero-order valence-electron chi connectivity index (χ0n) is 16.6. The molecule has 3 aromatic rings. The van der Waals surface area contributed by atoms with Crippen LogP contribution in [-0.4, -0.2) is 17.1 Å². The summed E-state index contributed by atoms with van der Waals surface area (Å²) in [5, 5.41) is 0. The van der Waals surface area contributed by atoms with Gasteiger partial charge in [0, 0.05) is 6.08 Å². The Labute approximate surface area is 176 Å². The van der Waals surface area contributed by atoms with Crippen molar-refractivity contribution in [3.05, 3.63) is 103 Å². The summed E-state index contributed by atoms with van der Waals surface area (Å²) in [5.41, 5.74) is 1.44. The molecule has 0 fully saturated rings. The minimum atomic E-state index is -0.625. The van der Waals surface area contributed by atoms with Gasteiger partial charge in [0.25, 0.3) is 5.56 Å². The lowest BCUT2D eigenvalue weighted by atomic mass is 9.96. The average Bonchev–Trinajstić information content (AvgIpc) is 3.28. The molecule has 0 aliphatic carbocycles. The Hall–Kier alpha value is -3.45. The van der Waals surface area contributed by atoms with Crippen molar-refractivity contribution in [2.75, 3.05) is 6.61 Å². The van der Waals surface area contributed by atoms with Crippen molar-refractivity contribution < 1.29 is 13.9 Å². The molecule has 152 valence electrons. The van der Waals surface area contributed by atoms with E-state index in [0.29, 0.717) is 26.4 Å². The van der Waals surface area contributed by atoms with Gasteiger partial charge < -0.3 is 9.15 Å². The molecule has 1 aliphatic heterocycles. The third-order valence-corrected chi connectivity index (χ3v) is 5.71. The number of ether oxygens (including phenoxy) is 1. The first kappa shape index (κ1) is 19.8. The second-order valence-electron chi connectivity index (χ2n) is 6.83. The number of nitrogens with zero attached hydrogens (tertiary/aromatic N) is 2. The number of esters is 1. The molecule has 0 saturated heterocycles. The fourth-order valence-electron chi connectivity index (χ4n) is 3.41. The zero-order chi connectivity index (χ0) is 21.3. The van der Waals surface area contributed by atoms with Crippen molar-refractivity contribution in [1.82, 2.24) is 4.57 Å². The van der Waals surface area contributed by atoms with Crippen molar-refractivity contribution >= 4 is 23.4 Å². The van der Waals surface area contributed by atoms with E-state index in [1.54, 1.807) is 17.6 Å². The van der Waals surface area contributed by atoms with E-state index in [4.69, 9.17) is 9.15 Å². The molecular formula is C23H20N2O4S. The Morgan fingerprint density at radius 1 is 1.27 bits per heavy atom. The highest BCUT2D eigenvalue weighted by molar-refractivity contribution is 7.07. The van der Waals surface area contributed by atoms with Gasteiger partial charge in [-0.25, -0.2) is 9.79 Å². The Kier molecular flexibility index (Phi) is 5.37. The Bertz CT molecular complexity index is 1330. The summed E-state index contributed by atoms with van der Waals surface area (Å²) in [6.45, 7) is 7.27. The highest BCUT2D eigenvalue weighted by atomic mass is 32.1. The lowest BCUT2D eigenvalue weighted by Crippen LogP contribution is -2.39. The van der Waals surface area contributed by atoms with Crippen molar-refractivity contribution in [1.29, 1.82) is 0 Å². The molecule has 4 rings (SSSR count). The van der Waals surface area contributed by atoms with Crippen molar-refractivity contribution in [2.24, 2.45) is 4.99 Å². The summed E-state index contributed by atoms with van der Waals surface area (Å²) in [6, 6.07) is 12.4. The van der Waals surface area contributed by atoms with Crippen molar-refractivity contribution in [3.8, 4) is 0 Å². The van der Waals surface area contributed by atoms with Gasteiger partial charge in [-0.1, -0.05) is 54.3 Å². The van der Waals surface area contributed by atoms with Crippen molar-refractivity contribution in [2.45, 2.75) is 19.9 Å². The van der Waals surface area contributed by atoms with E-state index < -0.39 is 12.0 Å². The van der Waals surface area contributed by atoms with Gasteiger partial charge in [0.05, 0.1) is 21.8 Å². The number of aromatic nitrogens is 1. The number of fused-ring (bicyclic) bond motifs is 1. The Balaban J connectivity index is 1.93. The zero-order valence-corrected chi connectivity index (χ0v) is 17.4. The first-order valence-corrected chi connectivity index (χ1v) is 10.2. The van der Waals surface area contributed by atoms with Crippen molar-refractivity contribution in [3.63, 3.8) is 0 Å². The molecule has 1 atom stereocenters. The lowest BCUT2D eigenvalue weighted by molar-refractivity contribution is -0.138. The van der Waals surface area contributed by atoms with Crippen LogP contribution < -0.4 is 14.9 Å². The second kappa shape index (κ2) is 8.12.